The molecule has 5 aliphatic rings. The maximum Gasteiger partial charge on any atom is 0.414 e. The number of aliphatic hydroxyl groups excluding tert-OH is 1. The van der Waals surface area contributed by atoms with Gasteiger partial charge in [0.15, 0.2) is 25.4 Å². The van der Waals surface area contributed by atoms with Crippen LogP contribution in [0, 0.1) is 23.6 Å². The molecule has 15 heteroatoms. The Balaban J connectivity index is 1.28. The summed E-state index contributed by atoms with van der Waals surface area (Å²) >= 11 is 0. The lowest BCUT2D eigenvalue weighted by Crippen LogP contribution is -2.68. The molecule has 9 rings (SSSR count). The standard InChI is InChI=1S/C53H63FN4O9Si/c1-11-23-55-41-35-26-33-25-34-37(46(63-28-30-18-14-12-15-19-30)43-38(40(34)54)42-32(22-24-57(42)8)27-58(43)50(62)65-51(2,3)4)44(59)36(33)47(60)53(35,67-68(9,10)52(5,6)7)48(61)39-45(41)66-56-49(39)64-29-31-20-16-13-17-21-31/h11-21,32-33,35,41-42,55,59H,1,22-29H2,2-10H3/t32?,33-,35-,41-,42?,53-/m0/s1. The van der Waals surface area contributed by atoms with E-state index in [0.717, 1.165) is 17.5 Å². The van der Waals surface area contributed by atoms with Crippen LogP contribution in [0.4, 0.5) is 14.9 Å². The SMILES string of the molecule is C=CCN[C@@H]1c2onc(OCc3ccccc3)c2C(=O)[C@@]2(O[Si](C)(C)C(C)(C)C)C(=O)C3=C(O)c4c(c(F)c5c(c4OCc4ccccc4)N(C(=O)OC(C)(C)C)CC4CCN(C)C54)C[C@H]3C[C@@H]12. The van der Waals surface area contributed by atoms with E-state index in [9.17, 15) is 9.90 Å². The topological polar surface area (TPSA) is 153 Å². The highest BCUT2D eigenvalue weighted by atomic mass is 28.4. The Kier molecular flexibility index (Phi) is 12.2. The Hall–Kier alpha value is -5.61. The van der Waals surface area contributed by atoms with Gasteiger partial charge in [-0.05, 0) is 99.9 Å². The van der Waals surface area contributed by atoms with Gasteiger partial charge in [-0.3, -0.25) is 19.4 Å². The number of hydrogen-bond acceptors (Lipinski definition) is 12. The summed E-state index contributed by atoms with van der Waals surface area (Å²) in [4.78, 5) is 50.1. The highest BCUT2D eigenvalue weighted by molar-refractivity contribution is 6.74. The summed E-state index contributed by atoms with van der Waals surface area (Å²) in [6.45, 7) is 20.5. The number of Topliss-reactive ketones (excluding diaryl/α,β-unsaturated/α-hetero) is 2. The van der Waals surface area contributed by atoms with Crippen molar-refractivity contribution < 1.29 is 47.0 Å². The van der Waals surface area contributed by atoms with E-state index in [0.29, 0.717) is 6.54 Å². The second-order valence-corrected chi connectivity index (χ2v) is 26.3. The second-order valence-electron chi connectivity index (χ2n) is 21.5. The molecule has 6 atom stereocenters. The van der Waals surface area contributed by atoms with Gasteiger partial charge in [0.1, 0.15) is 36.0 Å². The maximum atomic E-state index is 18.2. The molecular formula is C53H63FN4O9Si. The number of aromatic nitrogens is 1. The van der Waals surface area contributed by atoms with Gasteiger partial charge in [-0.2, -0.15) is 0 Å². The van der Waals surface area contributed by atoms with Crippen LogP contribution < -0.4 is 19.7 Å². The molecule has 0 radical (unpaired) electrons. The van der Waals surface area contributed by atoms with E-state index in [1.165, 1.54) is 4.90 Å². The van der Waals surface area contributed by atoms with Crippen molar-refractivity contribution in [3.63, 3.8) is 0 Å². The number of anilines is 1. The van der Waals surface area contributed by atoms with Crippen molar-refractivity contribution in [2.75, 3.05) is 31.6 Å². The summed E-state index contributed by atoms with van der Waals surface area (Å²) in [6.07, 6.45) is 1.82. The third kappa shape index (κ3) is 7.88. The normalized spacial score (nSPS) is 24.6. The number of ether oxygens (including phenoxy) is 3. The van der Waals surface area contributed by atoms with Crippen molar-refractivity contribution >= 4 is 37.4 Å². The third-order valence-electron chi connectivity index (χ3n) is 14.9. The molecule has 0 bridgehead atoms. The first-order valence-electron chi connectivity index (χ1n) is 23.7. The zero-order valence-corrected chi connectivity index (χ0v) is 41.5. The van der Waals surface area contributed by atoms with Crippen LogP contribution in [0.15, 0.2) is 83.4 Å². The van der Waals surface area contributed by atoms with Crippen LogP contribution in [-0.2, 0) is 33.6 Å². The van der Waals surface area contributed by atoms with E-state index in [1.807, 2.05) is 102 Å². The Bertz CT molecular complexity index is 2690. The van der Waals surface area contributed by atoms with Gasteiger partial charge in [0.2, 0.25) is 11.6 Å². The Morgan fingerprint density at radius 3 is 2.26 bits per heavy atom. The average Bonchev–Trinajstić information content (AvgIpc) is 3.89. The number of halogens is 1. The summed E-state index contributed by atoms with van der Waals surface area (Å²) in [7, 11) is -1.13. The molecule has 4 aromatic rings. The number of aliphatic hydroxyl groups is 1. The summed E-state index contributed by atoms with van der Waals surface area (Å²) in [6, 6.07) is 17.6. The number of carbonyl (C=O) groups excluding carboxylic acids is 3. The molecule has 2 N–H and O–H groups in total. The van der Waals surface area contributed by atoms with Crippen molar-refractivity contribution in [3.8, 4) is 11.6 Å². The summed E-state index contributed by atoms with van der Waals surface area (Å²) in [5, 5.41) is 20.4. The van der Waals surface area contributed by atoms with Gasteiger partial charge < -0.3 is 33.6 Å². The number of fused-ring (bicyclic) bond motifs is 7. The van der Waals surface area contributed by atoms with Crippen LogP contribution in [0.25, 0.3) is 5.76 Å². The maximum absolute atomic E-state index is 18.2. The third-order valence-corrected chi connectivity index (χ3v) is 19.4. The molecule has 2 fully saturated rings. The van der Waals surface area contributed by atoms with E-state index in [1.54, 1.807) is 26.8 Å². The van der Waals surface area contributed by atoms with Gasteiger partial charge in [-0.25, -0.2) is 9.18 Å². The lowest BCUT2D eigenvalue weighted by molar-refractivity contribution is -0.138. The summed E-state index contributed by atoms with van der Waals surface area (Å²) in [5.74, 6) is -4.12. The van der Waals surface area contributed by atoms with Crippen molar-refractivity contribution in [2.24, 2.45) is 17.8 Å². The molecule has 2 aliphatic heterocycles. The lowest BCUT2D eigenvalue weighted by Gasteiger charge is -2.54. The average molecular weight is 947 g/mol. The molecule has 1 saturated heterocycles. The molecule has 68 heavy (non-hydrogen) atoms. The molecule has 3 heterocycles. The monoisotopic (exact) mass is 946 g/mol. The molecule has 360 valence electrons. The number of hydrogen-bond donors (Lipinski definition) is 2. The lowest BCUT2D eigenvalue weighted by atomic mass is 9.57. The van der Waals surface area contributed by atoms with Crippen molar-refractivity contribution in [3.05, 3.63) is 124 Å². The fourth-order valence-corrected chi connectivity index (χ4v) is 12.3. The van der Waals surface area contributed by atoms with E-state index in [2.05, 4.69) is 22.0 Å². The van der Waals surface area contributed by atoms with Crippen LogP contribution >= 0.6 is 0 Å². The van der Waals surface area contributed by atoms with Gasteiger partial charge >= 0.3 is 6.09 Å². The molecule has 1 aromatic heterocycles. The Labute approximate surface area is 398 Å². The van der Waals surface area contributed by atoms with Crippen LogP contribution in [0.3, 0.4) is 0 Å². The predicted octanol–water partition coefficient (Wildman–Crippen LogP) is 10.2. The van der Waals surface area contributed by atoms with Gasteiger partial charge in [0.25, 0.3) is 5.88 Å². The number of ketones is 2. The predicted molar refractivity (Wildman–Crippen MR) is 258 cm³/mol. The van der Waals surface area contributed by atoms with Crippen molar-refractivity contribution in [2.45, 2.75) is 115 Å². The quantitative estimate of drug-likeness (QED) is 0.0836. The smallest absolute Gasteiger partial charge is 0.414 e. The molecule has 1 saturated carbocycles. The van der Waals surface area contributed by atoms with E-state index in [4.69, 9.17) is 23.2 Å². The molecule has 1 amide bonds. The van der Waals surface area contributed by atoms with Gasteiger partial charge in [0.05, 0.1) is 17.3 Å². The number of carbonyl (C=O) groups is 3. The summed E-state index contributed by atoms with van der Waals surface area (Å²) < 4.78 is 50.6. The first-order chi connectivity index (χ1) is 32.2. The zero-order valence-electron chi connectivity index (χ0n) is 40.5. The number of nitrogens with one attached hydrogen (secondary N) is 1. The molecule has 3 aromatic carbocycles. The zero-order chi connectivity index (χ0) is 48.7. The highest BCUT2D eigenvalue weighted by Crippen LogP contribution is 2.61. The highest BCUT2D eigenvalue weighted by Gasteiger charge is 2.69. The van der Waals surface area contributed by atoms with Crippen molar-refractivity contribution in [1.29, 1.82) is 0 Å². The van der Waals surface area contributed by atoms with Crippen LogP contribution in [0.1, 0.15) is 110 Å². The van der Waals surface area contributed by atoms with Gasteiger partial charge in [-0.15, -0.1) is 6.58 Å². The number of nitrogens with zero attached hydrogens (tertiary/aromatic N) is 3. The summed E-state index contributed by atoms with van der Waals surface area (Å²) in [5.41, 5.74) is -0.987. The molecule has 13 nitrogen and oxygen atoms in total. The largest absolute Gasteiger partial charge is 0.507 e. The van der Waals surface area contributed by atoms with E-state index < -0.39 is 77.7 Å². The van der Waals surface area contributed by atoms with Crippen LogP contribution in [-0.4, -0.2) is 79.0 Å². The fourth-order valence-electron chi connectivity index (χ4n) is 10.8. The minimum absolute atomic E-state index is 0.00487. The first kappa shape index (κ1) is 47.5. The number of rotatable bonds is 11. The van der Waals surface area contributed by atoms with Crippen LogP contribution in [0.5, 0.6) is 11.6 Å². The Morgan fingerprint density at radius 2 is 1.65 bits per heavy atom. The first-order valence-corrected chi connectivity index (χ1v) is 26.6. The number of likely N-dealkylation sites (tertiary alicyclic amines) is 1. The second kappa shape index (κ2) is 17.4. The van der Waals surface area contributed by atoms with E-state index in [-0.39, 0.29) is 96.0 Å². The van der Waals surface area contributed by atoms with E-state index >= 15 is 14.0 Å². The minimum Gasteiger partial charge on any atom is -0.507 e. The minimum atomic E-state index is -3.08. The molecule has 3 aliphatic carbocycles. The molecule has 0 spiro atoms. The number of amides is 1. The van der Waals surface area contributed by atoms with Gasteiger partial charge in [-0.1, -0.05) is 87.5 Å². The Morgan fingerprint density at radius 1 is 1.00 bits per heavy atom. The van der Waals surface area contributed by atoms with Crippen LogP contribution in [0.2, 0.25) is 18.1 Å². The number of benzene rings is 3. The molecule has 2 unspecified atom stereocenters. The van der Waals surface area contributed by atoms with Crippen molar-refractivity contribution in [1.82, 2.24) is 15.4 Å². The molecular weight excluding hydrogens is 884 g/mol. The van der Waals surface area contributed by atoms with Gasteiger partial charge in [0, 0.05) is 41.7 Å². The fraction of sp³-hybridized carbons (Fsp3) is 0.472.